The molecule has 0 unspecified atom stereocenters. The van der Waals surface area contributed by atoms with E-state index in [-0.39, 0.29) is 25.9 Å². The van der Waals surface area contributed by atoms with Gasteiger partial charge in [-0.25, -0.2) is 34.4 Å². The van der Waals surface area contributed by atoms with Gasteiger partial charge in [-0.05, 0) is 100 Å². The predicted molar refractivity (Wildman–Crippen MR) is 231 cm³/mol. The molecule has 2 saturated heterocycles. The van der Waals surface area contributed by atoms with Crippen molar-refractivity contribution in [3.8, 4) is 0 Å². The molecule has 0 saturated carbocycles. The van der Waals surface area contributed by atoms with E-state index in [4.69, 9.17) is 0 Å². The third-order valence-electron chi connectivity index (χ3n) is 9.40. The fourth-order valence-electron chi connectivity index (χ4n) is 6.31. The molecular weight excluding hydrogens is 881 g/mol. The van der Waals surface area contributed by atoms with Gasteiger partial charge in [0.1, 0.15) is 24.0 Å². The number of hydrogen-bond donors (Lipinski definition) is 1. The quantitative estimate of drug-likeness (QED) is 0.108. The highest BCUT2D eigenvalue weighted by atomic mass is 79.9. The van der Waals surface area contributed by atoms with Gasteiger partial charge in [0.25, 0.3) is 0 Å². The molecule has 15 heteroatoms. The molecule has 4 aromatic rings. The van der Waals surface area contributed by atoms with Gasteiger partial charge in [-0.15, -0.1) is 11.8 Å². The summed E-state index contributed by atoms with van der Waals surface area (Å²) in [6.07, 6.45) is -2.41. The molecule has 2 fully saturated rings. The van der Waals surface area contributed by atoms with Gasteiger partial charge in [-0.1, -0.05) is 76.6 Å². The van der Waals surface area contributed by atoms with Crippen LogP contribution in [0.15, 0.2) is 106 Å². The Hall–Kier alpha value is -2.40. The summed E-state index contributed by atoms with van der Waals surface area (Å²) in [4.78, 5) is 0.703. The smallest absolute Gasteiger partial charge is 0.219 e. The summed E-state index contributed by atoms with van der Waals surface area (Å²) in [5.41, 5.74) is 3.36. The van der Waals surface area contributed by atoms with Crippen LogP contribution in [0, 0.1) is 11.6 Å². The van der Waals surface area contributed by atoms with Crippen molar-refractivity contribution in [2.75, 3.05) is 13.1 Å². The molecule has 0 aromatic heterocycles. The van der Waals surface area contributed by atoms with E-state index in [1.807, 2.05) is 48.5 Å². The van der Waals surface area contributed by atoms with Crippen LogP contribution in [-0.4, -0.2) is 60.4 Å². The fourth-order valence-corrected chi connectivity index (χ4v) is 11.1. The first-order valence-electron chi connectivity index (χ1n) is 18.4. The summed E-state index contributed by atoms with van der Waals surface area (Å²) in [7, 11) is -7.40. The molecule has 0 radical (unpaired) electrons. The minimum Gasteiger partial charge on any atom is -0.246 e. The lowest BCUT2D eigenvalue weighted by Crippen LogP contribution is -2.43. The lowest BCUT2D eigenvalue weighted by Gasteiger charge is -2.31. The van der Waals surface area contributed by atoms with E-state index in [9.17, 15) is 34.4 Å². The van der Waals surface area contributed by atoms with Gasteiger partial charge in [0.15, 0.2) is 0 Å². The third-order valence-corrected chi connectivity index (χ3v) is 16.4. The van der Waals surface area contributed by atoms with E-state index in [0.717, 1.165) is 11.3 Å². The highest BCUT2D eigenvalue weighted by Gasteiger charge is 2.47. The van der Waals surface area contributed by atoms with Crippen LogP contribution in [0.1, 0.15) is 88.7 Å². The number of hydrogen-bond acceptors (Lipinski definition) is 6. The molecule has 2 heterocycles. The zero-order chi connectivity index (χ0) is 42.3. The first-order valence-corrected chi connectivity index (χ1v) is 23.7. The van der Waals surface area contributed by atoms with Gasteiger partial charge in [0.2, 0.25) is 20.0 Å². The maximum atomic E-state index is 14.3. The van der Waals surface area contributed by atoms with Crippen molar-refractivity contribution < 1.29 is 34.4 Å². The maximum Gasteiger partial charge on any atom is 0.219 e. The number of halogens is 5. The maximum absolute atomic E-state index is 14.3. The monoisotopic (exact) mass is 930 g/mol. The van der Waals surface area contributed by atoms with Gasteiger partial charge in [0, 0.05) is 46.8 Å². The standard InChI is InChI=1S/C21H25F2NO2S2.C14H18BrF2NO2S.C7H8S/c1-21(2,3)28(25,26)24-13-18(23)12-20(24)16-9-17(22)11-19(10-16)27-14-15-7-5-4-6-8-15;1-14(2,3)21(19,20)18-8-12(17)7-13(18)9-4-10(15)6-11(16)5-9;8-6-7-4-2-1-3-5-7/h4-11,18,20H,12-14H2,1-3H3;4-6,12-13H,7-8H2,1-3H3;1-5,8H,6H2/t18-,20+;12-,13+;/m00./s1. The first-order chi connectivity index (χ1) is 26.5. The second-order valence-corrected chi connectivity index (χ2v) is 23.5. The van der Waals surface area contributed by atoms with Gasteiger partial charge >= 0.3 is 0 Å². The number of thiol groups is 1. The Labute approximate surface area is 354 Å². The van der Waals surface area contributed by atoms with Crippen LogP contribution >= 0.6 is 40.3 Å². The van der Waals surface area contributed by atoms with E-state index in [0.29, 0.717) is 26.2 Å². The molecule has 0 spiro atoms. The van der Waals surface area contributed by atoms with Crippen LogP contribution in [-0.2, 0) is 31.6 Å². The van der Waals surface area contributed by atoms with E-state index in [1.165, 1.54) is 50.2 Å². The average molecular weight is 932 g/mol. The molecule has 6 nitrogen and oxygen atoms in total. The summed E-state index contributed by atoms with van der Waals surface area (Å²) in [6.45, 7) is 9.14. The number of benzene rings is 4. The Morgan fingerprint density at radius 3 is 1.49 bits per heavy atom. The van der Waals surface area contributed by atoms with E-state index < -0.39 is 65.6 Å². The molecule has 0 N–H and O–H groups in total. The minimum atomic E-state index is -3.72. The van der Waals surface area contributed by atoms with Gasteiger partial charge in [-0.2, -0.15) is 21.2 Å². The van der Waals surface area contributed by atoms with Gasteiger partial charge < -0.3 is 0 Å². The van der Waals surface area contributed by atoms with E-state index in [2.05, 4.69) is 40.7 Å². The van der Waals surface area contributed by atoms with E-state index in [1.54, 1.807) is 53.7 Å². The normalized spacial score (nSPS) is 20.7. The Morgan fingerprint density at radius 1 is 0.667 bits per heavy atom. The molecular formula is C42H51BrF4N2O4S4. The highest BCUT2D eigenvalue weighted by Crippen LogP contribution is 2.42. The molecule has 0 amide bonds. The molecule has 0 aliphatic carbocycles. The Balaban J connectivity index is 0.000000217. The van der Waals surface area contributed by atoms with Crippen molar-refractivity contribution >= 4 is 60.4 Å². The molecule has 6 rings (SSSR count). The SMILES string of the molecule is CC(C)(C)S(=O)(=O)N1C[C@@H](F)C[C@@H]1c1cc(F)cc(Br)c1.CC(C)(C)S(=O)(=O)N1C[C@@H](F)C[C@@H]1c1cc(F)cc(SCc2ccccc2)c1.SCc1ccccc1. The van der Waals surface area contributed by atoms with Crippen molar-refractivity contribution in [3.05, 3.63) is 135 Å². The molecule has 0 bridgehead atoms. The van der Waals surface area contributed by atoms with Crippen molar-refractivity contribution in [3.63, 3.8) is 0 Å². The third kappa shape index (κ3) is 12.6. The Kier molecular flexibility index (Phi) is 16.4. The largest absolute Gasteiger partial charge is 0.246 e. The molecule has 57 heavy (non-hydrogen) atoms. The number of rotatable bonds is 8. The molecule has 4 atom stereocenters. The molecule has 2 aliphatic heterocycles. The van der Waals surface area contributed by atoms with Crippen LogP contribution in [0.2, 0.25) is 0 Å². The molecule has 312 valence electrons. The highest BCUT2D eigenvalue weighted by molar-refractivity contribution is 9.10. The lowest BCUT2D eigenvalue weighted by molar-refractivity contribution is 0.339. The van der Waals surface area contributed by atoms with Gasteiger partial charge in [-0.3, -0.25) is 0 Å². The summed E-state index contributed by atoms with van der Waals surface area (Å²) >= 11 is 8.77. The predicted octanol–water partition coefficient (Wildman–Crippen LogP) is 11.2. The van der Waals surface area contributed by atoms with Crippen molar-refractivity contribution in [1.82, 2.24) is 8.61 Å². The summed E-state index contributed by atoms with van der Waals surface area (Å²) in [6, 6.07) is 27.4. The van der Waals surface area contributed by atoms with Crippen molar-refractivity contribution in [2.24, 2.45) is 0 Å². The number of nitrogens with zero attached hydrogens (tertiary/aromatic N) is 2. The van der Waals surface area contributed by atoms with E-state index >= 15 is 0 Å². The number of thioether (sulfide) groups is 1. The molecule has 4 aromatic carbocycles. The number of sulfonamides is 2. The summed E-state index contributed by atoms with van der Waals surface area (Å²) in [5, 5.41) is 0. The van der Waals surface area contributed by atoms with Crippen molar-refractivity contribution in [1.29, 1.82) is 0 Å². The van der Waals surface area contributed by atoms with Crippen molar-refractivity contribution in [2.45, 2.75) is 105 Å². The van der Waals surface area contributed by atoms with Crippen LogP contribution in [0.25, 0.3) is 0 Å². The Morgan fingerprint density at radius 2 is 1.09 bits per heavy atom. The Bertz CT molecular complexity index is 2130. The lowest BCUT2D eigenvalue weighted by atomic mass is 10.1. The van der Waals surface area contributed by atoms with Gasteiger partial charge in [0.05, 0.1) is 21.6 Å². The van der Waals surface area contributed by atoms with Crippen LogP contribution < -0.4 is 0 Å². The zero-order valence-corrected chi connectivity index (χ0v) is 37.8. The zero-order valence-electron chi connectivity index (χ0n) is 32.9. The van der Waals surface area contributed by atoms with Crippen LogP contribution in [0.4, 0.5) is 17.6 Å². The minimum absolute atomic E-state index is 0.0432. The first kappa shape index (κ1) is 47.3. The van der Waals surface area contributed by atoms with Crippen LogP contribution in [0.3, 0.4) is 0 Å². The average Bonchev–Trinajstić information content (AvgIpc) is 3.74. The topological polar surface area (TPSA) is 74.8 Å². The van der Waals surface area contributed by atoms with Crippen LogP contribution in [0.5, 0.6) is 0 Å². The second kappa shape index (κ2) is 19.8. The second-order valence-electron chi connectivity index (χ2n) is 15.9. The summed E-state index contributed by atoms with van der Waals surface area (Å²) in [5.74, 6) is 0.587. The molecule has 2 aliphatic rings. The fraction of sp³-hybridized carbons (Fsp3) is 0.429. The number of alkyl halides is 2. The summed E-state index contributed by atoms with van der Waals surface area (Å²) < 4.78 is 108.